The lowest BCUT2D eigenvalue weighted by Gasteiger charge is -2.08. The fraction of sp³-hybridized carbons (Fsp3) is 0.357. The number of nitrogens with two attached hydrogens (primary N) is 1. The molecule has 5 heteroatoms. The maximum Gasteiger partial charge on any atom is 0.189 e. The Bertz CT molecular complexity index is 458. The van der Waals surface area contributed by atoms with Crippen LogP contribution in [0.2, 0.25) is 0 Å². The molecule has 0 spiro atoms. The van der Waals surface area contributed by atoms with Crippen LogP contribution in [-0.2, 0) is 6.54 Å². The number of nitrogens with one attached hydrogen (secondary N) is 1. The van der Waals surface area contributed by atoms with E-state index in [9.17, 15) is 0 Å². The monoisotopic (exact) mass is 391 g/mol. The topological polar surface area (TPSA) is 50.4 Å². The summed E-state index contributed by atoms with van der Waals surface area (Å²) in [4.78, 5) is 5.59. The third kappa shape index (κ3) is 6.87. The predicted octanol–water partition coefficient (Wildman–Crippen LogP) is 3.32. The van der Waals surface area contributed by atoms with Crippen LogP contribution in [0.4, 0.5) is 0 Å². The first kappa shape index (κ1) is 18.3. The van der Waals surface area contributed by atoms with Gasteiger partial charge in [0.05, 0.1) is 6.54 Å². The van der Waals surface area contributed by atoms with E-state index in [1.54, 1.807) is 11.8 Å². The summed E-state index contributed by atoms with van der Waals surface area (Å²) >= 11 is 1.73. The van der Waals surface area contributed by atoms with E-state index in [0.29, 0.717) is 19.0 Å². The van der Waals surface area contributed by atoms with Gasteiger partial charge in [-0.3, -0.25) is 0 Å². The molecule has 3 nitrogen and oxygen atoms in total. The quantitative estimate of drug-likeness (QED) is 0.266. The van der Waals surface area contributed by atoms with Crippen LogP contribution >= 0.6 is 35.7 Å². The van der Waals surface area contributed by atoms with Crippen molar-refractivity contribution in [2.24, 2.45) is 10.7 Å². The summed E-state index contributed by atoms with van der Waals surface area (Å²) in [7, 11) is 0. The van der Waals surface area contributed by atoms with Gasteiger partial charge < -0.3 is 11.1 Å². The molecular weight excluding hydrogens is 369 g/mol. The number of thioether (sulfide) groups is 1. The minimum Gasteiger partial charge on any atom is -0.370 e. The van der Waals surface area contributed by atoms with Crippen molar-refractivity contribution in [1.82, 2.24) is 5.32 Å². The van der Waals surface area contributed by atoms with Gasteiger partial charge in [0.1, 0.15) is 0 Å². The number of hydrogen-bond acceptors (Lipinski definition) is 2. The Morgan fingerprint density at radius 1 is 1.47 bits per heavy atom. The lowest BCUT2D eigenvalue weighted by atomic mass is 10.1. The number of halogens is 1. The first-order valence-corrected chi connectivity index (χ1v) is 7.07. The molecule has 1 rings (SSSR count). The molecule has 0 atom stereocenters. The summed E-state index contributed by atoms with van der Waals surface area (Å²) in [6.07, 6.45) is 2.07. The standard InChI is InChI=1S/C14H21N3S.HI/c1-10(2)8-16-14(15)17-9-12-6-5-11(3)7-13(12)18-4;/h5-7H,1,8-9H2,2-4H3,(H3,15,16,17);1H. The van der Waals surface area contributed by atoms with Crippen LogP contribution in [0.25, 0.3) is 0 Å². The molecule has 0 aliphatic rings. The lowest BCUT2D eigenvalue weighted by molar-refractivity contribution is 0.931. The van der Waals surface area contributed by atoms with Gasteiger partial charge in [-0.15, -0.1) is 35.7 Å². The van der Waals surface area contributed by atoms with Gasteiger partial charge in [-0.25, -0.2) is 4.99 Å². The summed E-state index contributed by atoms with van der Waals surface area (Å²) in [5, 5.41) is 3.02. The minimum atomic E-state index is 0. The van der Waals surface area contributed by atoms with E-state index in [2.05, 4.69) is 48.3 Å². The van der Waals surface area contributed by atoms with Gasteiger partial charge in [0.25, 0.3) is 0 Å². The van der Waals surface area contributed by atoms with Crippen LogP contribution in [-0.4, -0.2) is 18.8 Å². The summed E-state index contributed by atoms with van der Waals surface area (Å²) in [6.45, 7) is 9.12. The Morgan fingerprint density at radius 3 is 2.74 bits per heavy atom. The Morgan fingerprint density at radius 2 is 2.16 bits per heavy atom. The zero-order valence-electron chi connectivity index (χ0n) is 11.7. The number of guanidine groups is 1. The van der Waals surface area contributed by atoms with Crippen LogP contribution in [0, 0.1) is 6.92 Å². The number of nitrogens with zero attached hydrogens (tertiary/aromatic N) is 1. The smallest absolute Gasteiger partial charge is 0.189 e. The molecule has 0 heterocycles. The average molecular weight is 391 g/mol. The first-order valence-electron chi connectivity index (χ1n) is 5.84. The Kier molecular flexibility index (Phi) is 8.92. The molecule has 0 saturated carbocycles. The third-order valence-electron chi connectivity index (χ3n) is 2.43. The number of hydrogen-bond donors (Lipinski definition) is 2. The Hall–Kier alpha value is -0.690. The van der Waals surface area contributed by atoms with E-state index in [1.165, 1.54) is 16.0 Å². The molecule has 0 saturated heterocycles. The summed E-state index contributed by atoms with van der Waals surface area (Å²) in [5.74, 6) is 0.464. The van der Waals surface area contributed by atoms with E-state index in [1.807, 2.05) is 6.92 Å². The van der Waals surface area contributed by atoms with E-state index in [4.69, 9.17) is 5.73 Å². The SMILES string of the molecule is C=C(C)CNC(N)=NCc1ccc(C)cc1SC.I. The zero-order chi connectivity index (χ0) is 13.5. The van der Waals surface area contributed by atoms with Crippen molar-refractivity contribution in [3.05, 3.63) is 41.5 Å². The zero-order valence-corrected chi connectivity index (χ0v) is 14.8. The fourth-order valence-corrected chi connectivity index (χ4v) is 2.15. The van der Waals surface area contributed by atoms with Crippen LogP contribution < -0.4 is 11.1 Å². The molecule has 0 bridgehead atoms. The van der Waals surface area contributed by atoms with Crippen LogP contribution in [0.1, 0.15) is 18.1 Å². The van der Waals surface area contributed by atoms with Gasteiger partial charge in [0.15, 0.2) is 5.96 Å². The highest BCUT2D eigenvalue weighted by Crippen LogP contribution is 2.22. The minimum absolute atomic E-state index is 0. The van der Waals surface area contributed by atoms with Crippen LogP contribution in [0.15, 0.2) is 40.2 Å². The highest BCUT2D eigenvalue weighted by Gasteiger charge is 2.01. The van der Waals surface area contributed by atoms with Gasteiger partial charge in [0, 0.05) is 11.4 Å². The van der Waals surface area contributed by atoms with Crippen molar-refractivity contribution >= 4 is 41.7 Å². The Labute approximate surface area is 137 Å². The molecule has 1 aromatic rings. The number of aliphatic imine (C=N–C) groups is 1. The van der Waals surface area contributed by atoms with Gasteiger partial charge in [-0.2, -0.15) is 0 Å². The molecule has 1 aromatic carbocycles. The van der Waals surface area contributed by atoms with Crippen molar-refractivity contribution in [3.8, 4) is 0 Å². The molecule has 3 N–H and O–H groups in total. The van der Waals surface area contributed by atoms with E-state index >= 15 is 0 Å². The van der Waals surface area contributed by atoms with Gasteiger partial charge in [-0.1, -0.05) is 24.3 Å². The molecular formula is C14H22IN3S. The second-order valence-corrected chi connectivity index (χ2v) is 5.18. The number of rotatable bonds is 5. The van der Waals surface area contributed by atoms with Gasteiger partial charge in [0.2, 0.25) is 0 Å². The van der Waals surface area contributed by atoms with Gasteiger partial charge >= 0.3 is 0 Å². The van der Waals surface area contributed by atoms with Crippen molar-refractivity contribution < 1.29 is 0 Å². The van der Waals surface area contributed by atoms with Crippen molar-refractivity contribution in [2.75, 3.05) is 12.8 Å². The molecule has 0 fully saturated rings. The maximum atomic E-state index is 5.78. The number of benzene rings is 1. The maximum absolute atomic E-state index is 5.78. The highest BCUT2D eigenvalue weighted by molar-refractivity contribution is 14.0. The van der Waals surface area contributed by atoms with E-state index < -0.39 is 0 Å². The molecule has 0 aromatic heterocycles. The normalized spacial score (nSPS) is 10.8. The molecule has 106 valence electrons. The molecule has 0 aliphatic carbocycles. The average Bonchev–Trinajstić information content (AvgIpc) is 2.34. The van der Waals surface area contributed by atoms with Gasteiger partial charge in [-0.05, 0) is 37.3 Å². The van der Waals surface area contributed by atoms with Crippen LogP contribution in [0.3, 0.4) is 0 Å². The van der Waals surface area contributed by atoms with Crippen LogP contribution in [0.5, 0.6) is 0 Å². The van der Waals surface area contributed by atoms with E-state index in [0.717, 1.165) is 5.57 Å². The second kappa shape index (κ2) is 9.25. The molecule has 0 aliphatic heterocycles. The highest BCUT2D eigenvalue weighted by atomic mass is 127. The first-order chi connectivity index (χ1) is 8.52. The Balaban J connectivity index is 0.00000324. The summed E-state index contributed by atoms with van der Waals surface area (Å²) in [5.41, 5.74) is 9.28. The van der Waals surface area contributed by atoms with Crippen molar-refractivity contribution in [1.29, 1.82) is 0 Å². The number of aryl methyl sites for hydroxylation is 1. The van der Waals surface area contributed by atoms with Crippen molar-refractivity contribution in [3.63, 3.8) is 0 Å². The summed E-state index contributed by atoms with van der Waals surface area (Å²) in [6, 6.07) is 6.38. The van der Waals surface area contributed by atoms with E-state index in [-0.39, 0.29) is 24.0 Å². The molecule has 0 amide bonds. The fourth-order valence-electron chi connectivity index (χ4n) is 1.45. The molecule has 19 heavy (non-hydrogen) atoms. The second-order valence-electron chi connectivity index (χ2n) is 4.33. The third-order valence-corrected chi connectivity index (χ3v) is 3.25. The predicted molar refractivity (Wildman–Crippen MR) is 96.5 cm³/mol. The molecule has 0 unspecified atom stereocenters. The lowest BCUT2D eigenvalue weighted by Crippen LogP contribution is -2.32. The summed E-state index contributed by atoms with van der Waals surface area (Å²) < 4.78 is 0. The molecule has 0 radical (unpaired) electrons. The van der Waals surface area contributed by atoms with Crippen molar-refractivity contribution in [2.45, 2.75) is 25.3 Å². The largest absolute Gasteiger partial charge is 0.370 e.